The maximum atomic E-state index is 12.0. The Morgan fingerprint density at radius 1 is 1.07 bits per heavy atom. The topological polar surface area (TPSA) is 75.7 Å². The number of nitrogens with zero attached hydrogens (tertiary/aromatic N) is 1. The summed E-state index contributed by atoms with van der Waals surface area (Å²) in [5, 5.41) is 2.84. The molecule has 0 saturated carbocycles. The van der Waals surface area contributed by atoms with E-state index in [0.29, 0.717) is 18.9 Å². The van der Waals surface area contributed by atoms with E-state index in [1.807, 2.05) is 31.2 Å². The molecule has 27 heavy (non-hydrogen) atoms. The van der Waals surface area contributed by atoms with Crippen molar-refractivity contribution in [1.29, 1.82) is 0 Å². The molecule has 0 heterocycles. The van der Waals surface area contributed by atoms with Gasteiger partial charge in [0.15, 0.2) is 0 Å². The molecule has 1 N–H and O–H groups in total. The lowest BCUT2D eigenvalue weighted by molar-refractivity contribution is -0.118. The number of rotatable bonds is 9. The van der Waals surface area contributed by atoms with Gasteiger partial charge in [-0.05, 0) is 48.9 Å². The first-order valence-electron chi connectivity index (χ1n) is 8.46. The number of carbonyl (C=O) groups is 1. The maximum absolute atomic E-state index is 12.0. The zero-order valence-corrected chi connectivity index (χ0v) is 17.3. The van der Waals surface area contributed by atoms with Gasteiger partial charge in [-0.25, -0.2) is 12.7 Å². The van der Waals surface area contributed by atoms with Crippen LogP contribution in [-0.2, 0) is 21.4 Å². The number of carbonyl (C=O) groups excluding carboxylic acids is 1. The number of thioether (sulfide) groups is 1. The van der Waals surface area contributed by atoms with E-state index in [2.05, 4.69) is 5.32 Å². The largest absolute Gasteiger partial charge is 0.494 e. The minimum Gasteiger partial charge on any atom is -0.494 e. The molecule has 0 aliphatic carbocycles. The standard InChI is InChI=1S/C19H24N2O4S2/c1-4-25-16-7-9-17(10-8-16)26-14-19(22)20-13-15-5-11-18(12-6-15)27(23,24)21(2)3/h5-12H,4,13-14H2,1-3H3,(H,20,22). The molecule has 0 radical (unpaired) electrons. The third kappa shape index (κ3) is 6.27. The normalized spacial score (nSPS) is 11.4. The number of nitrogens with one attached hydrogen (secondary N) is 1. The molecule has 146 valence electrons. The first-order chi connectivity index (χ1) is 12.8. The van der Waals surface area contributed by atoms with Crippen molar-refractivity contribution in [1.82, 2.24) is 9.62 Å². The molecule has 0 aromatic heterocycles. The van der Waals surface area contributed by atoms with Gasteiger partial charge in [-0.15, -0.1) is 11.8 Å². The molecule has 0 fully saturated rings. The predicted molar refractivity (Wildman–Crippen MR) is 107 cm³/mol. The molecule has 0 spiro atoms. The average Bonchev–Trinajstić information content (AvgIpc) is 2.66. The van der Waals surface area contributed by atoms with Crippen LogP contribution in [0.3, 0.4) is 0 Å². The van der Waals surface area contributed by atoms with Crippen molar-refractivity contribution in [3.63, 3.8) is 0 Å². The van der Waals surface area contributed by atoms with Crippen LogP contribution in [0.15, 0.2) is 58.3 Å². The van der Waals surface area contributed by atoms with Crippen LogP contribution in [-0.4, -0.2) is 45.1 Å². The fraction of sp³-hybridized carbons (Fsp3) is 0.316. The monoisotopic (exact) mass is 408 g/mol. The molecule has 0 aliphatic rings. The van der Waals surface area contributed by atoms with Crippen molar-refractivity contribution in [2.75, 3.05) is 26.5 Å². The average molecular weight is 409 g/mol. The molecule has 2 rings (SSSR count). The Hall–Kier alpha value is -2.03. The molecule has 2 aromatic rings. The molecule has 6 nitrogen and oxygen atoms in total. The number of hydrogen-bond donors (Lipinski definition) is 1. The summed E-state index contributed by atoms with van der Waals surface area (Å²) in [5.41, 5.74) is 0.840. The van der Waals surface area contributed by atoms with Gasteiger partial charge in [-0.3, -0.25) is 4.79 Å². The summed E-state index contributed by atoms with van der Waals surface area (Å²) >= 11 is 1.45. The van der Waals surface area contributed by atoms with E-state index in [-0.39, 0.29) is 10.8 Å². The second kappa shape index (κ2) is 9.77. The van der Waals surface area contributed by atoms with Crippen molar-refractivity contribution in [2.45, 2.75) is 23.3 Å². The summed E-state index contributed by atoms with van der Waals surface area (Å²) < 4.78 is 30.6. The zero-order chi connectivity index (χ0) is 19.9. The predicted octanol–water partition coefficient (Wildman–Crippen LogP) is 2.74. The van der Waals surface area contributed by atoms with Crippen molar-refractivity contribution >= 4 is 27.7 Å². The summed E-state index contributed by atoms with van der Waals surface area (Å²) in [7, 11) is -0.454. The van der Waals surface area contributed by atoms with Gasteiger partial charge < -0.3 is 10.1 Å². The molecule has 0 unspecified atom stereocenters. The molecule has 0 bridgehead atoms. The van der Waals surface area contributed by atoms with Crippen LogP contribution >= 0.6 is 11.8 Å². The summed E-state index contributed by atoms with van der Waals surface area (Å²) in [6, 6.07) is 14.1. The minimum absolute atomic E-state index is 0.0844. The van der Waals surface area contributed by atoms with E-state index >= 15 is 0 Å². The maximum Gasteiger partial charge on any atom is 0.242 e. The third-order valence-electron chi connectivity index (χ3n) is 3.70. The van der Waals surface area contributed by atoms with E-state index in [0.717, 1.165) is 16.2 Å². The molecule has 0 aliphatic heterocycles. The lowest BCUT2D eigenvalue weighted by Gasteiger charge is -2.12. The molecular formula is C19H24N2O4S2. The molecule has 2 aromatic carbocycles. The van der Waals surface area contributed by atoms with Gasteiger partial charge in [0.25, 0.3) is 0 Å². The highest BCUT2D eigenvalue weighted by Crippen LogP contribution is 2.21. The second-order valence-electron chi connectivity index (χ2n) is 5.90. The number of sulfonamides is 1. The van der Waals surface area contributed by atoms with Crippen LogP contribution in [0, 0.1) is 0 Å². The van der Waals surface area contributed by atoms with Gasteiger partial charge in [0.1, 0.15) is 5.75 Å². The van der Waals surface area contributed by atoms with Crippen molar-refractivity contribution in [3.8, 4) is 5.75 Å². The third-order valence-corrected chi connectivity index (χ3v) is 6.54. The van der Waals surface area contributed by atoms with E-state index in [1.165, 1.54) is 30.2 Å². The summed E-state index contributed by atoms with van der Waals surface area (Å²) in [6.07, 6.45) is 0. The van der Waals surface area contributed by atoms with Crippen LogP contribution in [0.1, 0.15) is 12.5 Å². The molecule has 0 saturated heterocycles. The minimum atomic E-state index is -3.44. The van der Waals surface area contributed by atoms with Crippen LogP contribution in [0.25, 0.3) is 0 Å². The van der Waals surface area contributed by atoms with Gasteiger partial charge >= 0.3 is 0 Å². The fourth-order valence-corrected chi connectivity index (χ4v) is 3.82. The van der Waals surface area contributed by atoms with Gasteiger partial charge in [-0.2, -0.15) is 0 Å². The van der Waals surface area contributed by atoms with E-state index < -0.39 is 10.0 Å². The lowest BCUT2D eigenvalue weighted by atomic mass is 10.2. The summed E-state index contributed by atoms with van der Waals surface area (Å²) in [5.74, 6) is 1.03. The first kappa shape index (κ1) is 21.3. The highest BCUT2D eigenvalue weighted by atomic mass is 32.2. The Bertz CT molecular complexity index is 848. The summed E-state index contributed by atoms with van der Waals surface area (Å²) in [6.45, 7) is 2.91. The van der Waals surface area contributed by atoms with Gasteiger partial charge in [-0.1, -0.05) is 12.1 Å². The van der Waals surface area contributed by atoms with Crippen LogP contribution in [0.5, 0.6) is 5.75 Å². The van der Waals surface area contributed by atoms with Gasteiger partial charge in [0, 0.05) is 25.5 Å². The Labute approximate surface area is 165 Å². The quantitative estimate of drug-likeness (QED) is 0.646. The van der Waals surface area contributed by atoms with E-state index in [1.54, 1.807) is 24.3 Å². The Kier molecular flexibility index (Phi) is 7.70. The summed E-state index contributed by atoms with van der Waals surface area (Å²) in [4.78, 5) is 13.2. The molecule has 1 amide bonds. The first-order valence-corrected chi connectivity index (χ1v) is 10.9. The smallest absolute Gasteiger partial charge is 0.242 e. The number of amides is 1. The highest BCUT2D eigenvalue weighted by molar-refractivity contribution is 8.00. The van der Waals surface area contributed by atoms with Gasteiger partial charge in [0.05, 0.1) is 17.3 Å². The Morgan fingerprint density at radius 3 is 2.26 bits per heavy atom. The molecule has 0 atom stereocenters. The fourth-order valence-electron chi connectivity index (χ4n) is 2.19. The molecular weight excluding hydrogens is 384 g/mol. The number of ether oxygens (including phenoxy) is 1. The highest BCUT2D eigenvalue weighted by Gasteiger charge is 2.16. The van der Waals surface area contributed by atoms with Crippen LogP contribution in [0.2, 0.25) is 0 Å². The Morgan fingerprint density at radius 2 is 1.70 bits per heavy atom. The second-order valence-corrected chi connectivity index (χ2v) is 9.10. The SMILES string of the molecule is CCOc1ccc(SCC(=O)NCc2ccc(S(=O)(=O)N(C)C)cc2)cc1. The van der Waals surface area contributed by atoms with Crippen molar-refractivity contribution in [2.24, 2.45) is 0 Å². The van der Waals surface area contributed by atoms with Crippen molar-refractivity contribution < 1.29 is 17.9 Å². The van der Waals surface area contributed by atoms with Gasteiger partial charge in [0.2, 0.25) is 15.9 Å². The number of hydrogen-bond acceptors (Lipinski definition) is 5. The van der Waals surface area contributed by atoms with E-state index in [9.17, 15) is 13.2 Å². The van der Waals surface area contributed by atoms with E-state index in [4.69, 9.17) is 4.74 Å². The van der Waals surface area contributed by atoms with Crippen LogP contribution in [0.4, 0.5) is 0 Å². The molecule has 8 heteroatoms. The van der Waals surface area contributed by atoms with Crippen LogP contribution < -0.4 is 10.1 Å². The van der Waals surface area contributed by atoms with Crippen molar-refractivity contribution in [3.05, 3.63) is 54.1 Å². The Balaban J connectivity index is 1.81. The lowest BCUT2D eigenvalue weighted by Crippen LogP contribution is -2.25. The number of benzene rings is 2. The zero-order valence-electron chi connectivity index (χ0n) is 15.6.